The molecule has 1 heterocycles. The zero-order valence-electron chi connectivity index (χ0n) is 10.9. The Labute approximate surface area is 122 Å². The Morgan fingerprint density at radius 1 is 1.42 bits per heavy atom. The molecule has 2 rings (SSSR count). The number of nitrogens with one attached hydrogen (secondary N) is 1. The number of nitrogens with zero attached hydrogens (tertiary/aromatic N) is 1. The van der Waals surface area contributed by atoms with E-state index in [1.165, 1.54) is 5.69 Å². The predicted molar refractivity (Wildman–Crippen MR) is 81.1 cm³/mol. The minimum absolute atomic E-state index is 0.0598. The lowest BCUT2D eigenvalue weighted by Crippen LogP contribution is -2.32. The van der Waals surface area contributed by atoms with Crippen LogP contribution < -0.4 is 16.0 Å². The third-order valence-electron chi connectivity index (χ3n) is 3.44. The standard InChI is InChI=1S/C14H20BrN3O/c15-12-1-3-13(4-2-12)18-8-6-11(10-18)9-17-14(19)5-7-16/h1-4,11H,5-10,16H2,(H,17,19). The van der Waals surface area contributed by atoms with Crippen LogP contribution in [0.5, 0.6) is 0 Å². The molecule has 0 aromatic heterocycles. The van der Waals surface area contributed by atoms with Crippen molar-refractivity contribution < 1.29 is 4.79 Å². The number of hydrogen-bond acceptors (Lipinski definition) is 3. The highest BCUT2D eigenvalue weighted by Crippen LogP contribution is 2.24. The zero-order valence-corrected chi connectivity index (χ0v) is 12.5. The van der Waals surface area contributed by atoms with E-state index in [1.807, 2.05) is 0 Å². The summed E-state index contributed by atoms with van der Waals surface area (Å²) in [4.78, 5) is 13.7. The number of anilines is 1. The third-order valence-corrected chi connectivity index (χ3v) is 3.97. The van der Waals surface area contributed by atoms with E-state index in [-0.39, 0.29) is 5.91 Å². The first-order valence-corrected chi connectivity index (χ1v) is 7.45. The van der Waals surface area contributed by atoms with Gasteiger partial charge in [-0.3, -0.25) is 4.79 Å². The summed E-state index contributed by atoms with van der Waals surface area (Å²) in [5.74, 6) is 0.593. The van der Waals surface area contributed by atoms with E-state index in [2.05, 4.69) is 50.4 Å². The molecule has 1 aliphatic rings. The molecule has 3 N–H and O–H groups in total. The van der Waals surface area contributed by atoms with Crippen LogP contribution in [0.4, 0.5) is 5.69 Å². The van der Waals surface area contributed by atoms with Crippen molar-refractivity contribution in [1.82, 2.24) is 5.32 Å². The molecule has 1 saturated heterocycles. The summed E-state index contributed by atoms with van der Waals surface area (Å²) in [5.41, 5.74) is 6.60. The van der Waals surface area contributed by atoms with Gasteiger partial charge in [-0.15, -0.1) is 0 Å². The maximum Gasteiger partial charge on any atom is 0.221 e. The normalized spacial score (nSPS) is 18.6. The van der Waals surface area contributed by atoms with Crippen LogP contribution in [-0.2, 0) is 4.79 Å². The summed E-state index contributed by atoms with van der Waals surface area (Å²) in [6.07, 6.45) is 1.54. The van der Waals surface area contributed by atoms with Crippen LogP contribution in [0.3, 0.4) is 0 Å². The van der Waals surface area contributed by atoms with Gasteiger partial charge in [0.05, 0.1) is 0 Å². The maximum atomic E-state index is 11.4. The van der Waals surface area contributed by atoms with Gasteiger partial charge >= 0.3 is 0 Å². The van der Waals surface area contributed by atoms with Crippen LogP contribution in [0.25, 0.3) is 0 Å². The third kappa shape index (κ3) is 4.21. The van der Waals surface area contributed by atoms with Crippen LogP contribution in [-0.4, -0.2) is 32.1 Å². The van der Waals surface area contributed by atoms with Crippen molar-refractivity contribution in [1.29, 1.82) is 0 Å². The second kappa shape index (κ2) is 6.91. The molecule has 4 nitrogen and oxygen atoms in total. The van der Waals surface area contributed by atoms with Crippen molar-refractivity contribution in [2.45, 2.75) is 12.8 Å². The number of benzene rings is 1. The minimum atomic E-state index is 0.0598. The molecule has 1 amide bonds. The highest BCUT2D eigenvalue weighted by molar-refractivity contribution is 9.10. The van der Waals surface area contributed by atoms with Crippen LogP contribution in [0.15, 0.2) is 28.7 Å². The Kier molecular flexibility index (Phi) is 5.22. The van der Waals surface area contributed by atoms with E-state index in [0.29, 0.717) is 18.9 Å². The largest absolute Gasteiger partial charge is 0.371 e. The number of carbonyl (C=O) groups excluding carboxylic acids is 1. The Bertz CT molecular complexity index is 421. The molecular formula is C14H20BrN3O. The molecule has 1 aliphatic heterocycles. The van der Waals surface area contributed by atoms with Gasteiger partial charge in [0, 0.05) is 42.8 Å². The monoisotopic (exact) mass is 325 g/mol. The lowest BCUT2D eigenvalue weighted by molar-refractivity contribution is -0.121. The van der Waals surface area contributed by atoms with Crippen molar-refractivity contribution in [3.8, 4) is 0 Å². The van der Waals surface area contributed by atoms with Crippen molar-refractivity contribution >= 4 is 27.5 Å². The zero-order chi connectivity index (χ0) is 13.7. The first-order chi connectivity index (χ1) is 9.19. The van der Waals surface area contributed by atoms with Crippen LogP contribution in [0, 0.1) is 5.92 Å². The number of hydrogen-bond donors (Lipinski definition) is 2. The van der Waals surface area contributed by atoms with E-state index >= 15 is 0 Å². The van der Waals surface area contributed by atoms with E-state index < -0.39 is 0 Å². The van der Waals surface area contributed by atoms with Crippen molar-refractivity contribution in [3.63, 3.8) is 0 Å². The summed E-state index contributed by atoms with van der Waals surface area (Å²) in [6.45, 7) is 3.23. The minimum Gasteiger partial charge on any atom is -0.371 e. The number of amides is 1. The van der Waals surface area contributed by atoms with Gasteiger partial charge in [0.25, 0.3) is 0 Å². The van der Waals surface area contributed by atoms with Gasteiger partial charge in [0.15, 0.2) is 0 Å². The van der Waals surface area contributed by atoms with E-state index in [9.17, 15) is 4.79 Å². The van der Waals surface area contributed by atoms with E-state index in [1.54, 1.807) is 0 Å². The highest BCUT2D eigenvalue weighted by Gasteiger charge is 2.22. The smallest absolute Gasteiger partial charge is 0.221 e. The van der Waals surface area contributed by atoms with Crippen molar-refractivity contribution in [2.24, 2.45) is 11.7 Å². The molecule has 104 valence electrons. The second-order valence-electron chi connectivity index (χ2n) is 4.92. The van der Waals surface area contributed by atoms with Crippen LogP contribution in [0.1, 0.15) is 12.8 Å². The Morgan fingerprint density at radius 3 is 2.84 bits per heavy atom. The Balaban J connectivity index is 1.80. The summed E-state index contributed by atoms with van der Waals surface area (Å²) in [6, 6.07) is 8.37. The van der Waals surface area contributed by atoms with Crippen LogP contribution in [0.2, 0.25) is 0 Å². The molecule has 1 aromatic carbocycles. The fourth-order valence-electron chi connectivity index (χ4n) is 2.36. The van der Waals surface area contributed by atoms with Gasteiger partial charge in [-0.25, -0.2) is 0 Å². The van der Waals surface area contributed by atoms with Crippen molar-refractivity contribution in [2.75, 3.05) is 31.1 Å². The van der Waals surface area contributed by atoms with Gasteiger partial charge in [0.1, 0.15) is 0 Å². The number of carbonyl (C=O) groups is 1. The molecule has 1 unspecified atom stereocenters. The van der Waals surface area contributed by atoms with Gasteiger partial charge in [-0.2, -0.15) is 0 Å². The first-order valence-electron chi connectivity index (χ1n) is 6.66. The topological polar surface area (TPSA) is 58.4 Å². The highest BCUT2D eigenvalue weighted by atomic mass is 79.9. The molecule has 19 heavy (non-hydrogen) atoms. The number of halogens is 1. The lowest BCUT2D eigenvalue weighted by Gasteiger charge is -2.19. The second-order valence-corrected chi connectivity index (χ2v) is 5.84. The summed E-state index contributed by atoms with van der Waals surface area (Å²) in [5, 5.41) is 2.95. The molecule has 5 heteroatoms. The summed E-state index contributed by atoms with van der Waals surface area (Å²) >= 11 is 3.45. The molecule has 0 spiro atoms. The molecule has 0 radical (unpaired) electrons. The van der Waals surface area contributed by atoms with E-state index in [0.717, 1.165) is 30.5 Å². The van der Waals surface area contributed by atoms with Gasteiger partial charge < -0.3 is 16.0 Å². The fourth-order valence-corrected chi connectivity index (χ4v) is 2.63. The lowest BCUT2D eigenvalue weighted by atomic mass is 10.1. The summed E-state index contributed by atoms with van der Waals surface area (Å²) < 4.78 is 1.10. The quantitative estimate of drug-likeness (QED) is 0.867. The Morgan fingerprint density at radius 2 is 2.16 bits per heavy atom. The molecule has 1 fully saturated rings. The Hall–Kier alpha value is -1.07. The SMILES string of the molecule is NCCC(=O)NCC1CCN(c2ccc(Br)cc2)C1. The van der Waals surface area contributed by atoms with Crippen molar-refractivity contribution in [3.05, 3.63) is 28.7 Å². The van der Waals surface area contributed by atoms with Gasteiger partial charge in [-0.1, -0.05) is 15.9 Å². The fraction of sp³-hybridized carbons (Fsp3) is 0.500. The van der Waals surface area contributed by atoms with Gasteiger partial charge in [0.2, 0.25) is 5.91 Å². The molecule has 1 aromatic rings. The molecule has 0 saturated carbocycles. The summed E-state index contributed by atoms with van der Waals surface area (Å²) in [7, 11) is 0. The number of rotatable bonds is 5. The molecule has 0 aliphatic carbocycles. The molecular weight excluding hydrogens is 306 g/mol. The molecule has 1 atom stereocenters. The first kappa shape index (κ1) is 14.3. The average Bonchev–Trinajstić information content (AvgIpc) is 2.86. The maximum absolute atomic E-state index is 11.4. The molecule has 0 bridgehead atoms. The van der Waals surface area contributed by atoms with Crippen LogP contribution >= 0.6 is 15.9 Å². The average molecular weight is 326 g/mol. The number of nitrogens with two attached hydrogens (primary N) is 1. The van der Waals surface area contributed by atoms with E-state index in [4.69, 9.17) is 5.73 Å². The van der Waals surface area contributed by atoms with Gasteiger partial charge in [-0.05, 0) is 36.6 Å². The predicted octanol–water partition coefficient (Wildman–Crippen LogP) is 1.74.